The number of carbonyl (C=O) groups excluding carboxylic acids is 2. The predicted molar refractivity (Wildman–Crippen MR) is 116 cm³/mol. The molecule has 1 aliphatic carbocycles. The molecule has 32 heavy (non-hydrogen) atoms. The van der Waals surface area contributed by atoms with E-state index >= 15 is 0 Å². The summed E-state index contributed by atoms with van der Waals surface area (Å²) in [7, 11) is 0. The highest BCUT2D eigenvalue weighted by Crippen LogP contribution is 2.41. The highest BCUT2D eigenvalue weighted by molar-refractivity contribution is 5.95. The maximum Gasteiger partial charge on any atom is 0.254 e. The van der Waals surface area contributed by atoms with Crippen molar-refractivity contribution >= 4 is 23.3 Å². The van der Waals surface area contributed by atoms with E-state index in [0.717, 1.165) is 0 Å². The zero-order valence-electron chi connectivity index (χ0n) is 17.9. The molecule has 3 aromatic rings. The SMILES string of the molecule is CC1(C)CN(C2CC2(O)C=O)CCN1C(=O)c1ccc(-c2nc3ccc(F)cc3o2)cc1. The van der Waals surface area contributed by atoms with Crippen LogP contribution >= 0.6 is 0 Å². The first-order valence-corrected chi connectivity index (χ1v) is 10.6. The maximum absolute atomic E-state index is 13.4. The predicted octanol–water partition coefficient (Wildman–Crippen LogP) is 2.87. The summed E-state index contributed by atoms with van der Waals surface area (Å²) in [4.78, 5) is 32.6. The van der Waals surface area contributed by atoms with Crippen LogP contribution in [-0.2, 0) is 4.79 Å². The fourth-order valence-corrected chi connectivity index (χ4v) is 4.59. The lowest BCUT2D eigenvalue weighted by Crippen LogP contribution is -2.62. The van der Waals surface area contributed by atoms with Gasteiger partial charge in [0.1, 0.15) is 16.9 Å². The van der Waals surface area contributed by atoms with Gasteiger partial charge in [0, 0.05) is 49.3 Å². The molecule has 1 saturated heterocycles. The van der Waals surface area contributed by atoms with Crippen LogP contribution in [0.25, 0.3) is 22.6 Å². The highest BCUT2D eigenvalue weighted by atomic mass is 19.1. The largest absolute Gasteiger partial charge is 0.436 e. The smallest absolute Gasteiger partial charge is 0.254 e. The quantitative estimate of drug-likeness (QED) is 0.632. The molecule has 2 fully saturated rings. The minimum Gasteiger partial charge on any atom is -0.436 e. The van der Waals surface area contributed by atoms with Gasteiger partial charge >= 0.3 is 0 Å². The molecule has 7 nitrogen and oxygen atoms in total. The Morgan fingerprint density at radius 3 is 2.62 bits per heavy atom. The van der Waals surface area contributed by atoms with Crippen LogP contribution in [0.5, 0.6) is 0 Å². The summed E-state index contributed by atoms with van der Waals surface area (Å²) in [5.74, 6) is -0.102. The third-order valence-electron chi connectivity index (χ3n) is 6.49. The molecule has 1 N–H and O–H groups in total. The molecule has 2 unspecified atom stereocenters. The first-order valence-electron chi connectivity index (χ1n) is 10.6. The van der Waals surface area contributed by atoms with Crippen molar-refractivity contribution in [3.8, 4) is 11.5 Å². The average Bonchev–Trinajstić information content (AvgIpc) is 3.28. The minimum absolute atomic E-state index is 0.0812. The van der Waals surface area contributed by atoms with Crippen LogP contribution in [0.4, 0.5) is 4.39 Å². The van der Waals surface area contributed by atoms with Gasteiger partial charge in [0.25, 0.3) is 5.91 Å². The van der Waals surface area contributed by atoms with Crippen molar-refractivity contribution in [1.29, 1.82) is 0 Å². The molecule has 5 rings (SSSR count). The molecule has 1 aromatic heterocycles. The summed E-state index contributed by atoms with van der Waals surface area (Å²) in [6.07, 6.45) is 1.07. The third kappa shape index (κ3) is 3.49. The molecule has 8 heteroatoms. The second kappa shape index (κ2) is 7.21. The lowest BCUT2D eigenvalue weighted by molar-refractivity contribution is -0.118. The molecule has 166 valence electrons. The number of benzene rings is 2. The number of carbonyl (C=O) groups is 2. The number of hydrogen-bond acceptors (Lipinski definition) is 6. The van der Waals surface area contributed by atoms with Crippen LogP contribution in [0.1, 0.15) is 30.6 Å². The number of aromatic nitrogens is 1. The average molecular weight is 437 g/mol. The number of aldehydes is 1. The van der Waals surface area contributed by atoms with Gasteiger partial charge in [-0.15, -0.1) is 0 Å². The number of oxazole rings is 1. The normalized spacial score (nSPS) is 25.1. The molecule has 2 atom stereocenters. The van der Waals surface area contributed by atoms with Gasteiger partial charge in [0.15, 0.2) is 11.9 Å². The number of piperazine rings is 1. The van der Waals surface area contributed by atoms with E-state index in [1.165, 1.54) is 12.1 Å². The van der Waals surface area contributed by atoms with Gasteiger partial charge in [-0.1, -0.05) is 0 Å². The molecule has 0 spiro atoms. The van der Waals surface area contributed by atoms with E-state index in [2.05, 4.69) is 9.88 Å². The van der Waals surface area contributed by atoms with Crippen molar-refractivity contribution in [2.45, 2.75) is 37.5 Å². The molecule has 1 amide bonds. The maximum atomic E-state index is 13.4. The van der Waals surface area contributed by atoms with Crippen molar-refractivity contribution in [3.63, 3.8) is 0 Å². The Balaban J connectivity index is 1.31. The van der Waals surface area contributed by atoms with Crippen molar-refractivity contribution in [3.05, 3.63) is 53.8 Å². The van der Waals surface area contributed by atoms with Crippen molar-refractivity contribution in [1.82, 2.24) is 14.8 Å². The molecular formula is C24H24FN3O4. The van der Waals surface area contributed by atoms with Crippen LogP contribution in [0.2, 0.25) is 0 Å². The minimum atomic E-state index is -1.24. The number of aliphatic hydroxyl groups is 1. The lowest BCUT2D eigenvalue weighted by atomic mass is 9.96. The van der Waals surface area contributed by atoms with E-state index in [1.807, 2.05) is 18.7 Å². The van der Waals surface area contributed by atoms with Gasteiger partial charge in [0.2, 0.25) is 5.89 Å². The van der Waals surface area contributed by atoms with E-state index in [1.54, 1.807) is 30.3 Å². The Bertz CT molecular complexity index is 1210. The Morgan fingerprint density at radius 2 is 1.97 bits per heavy atom. The summed E-state index contributed by atoms with van der Waals surface area (Å²) < 4.78 is 19.1. The first kappa shape index (κ1) is 20.8. The number of rotatable bonds is 4. The summed E-state index contributed by atoms with van der Waals surface area (Å²) >= 11 is 0. The standard InChI is InChI=1S/C24H24FN3O4/c1-23(2)13-27(20-12-24(20,31)14-29)9-10-28(23)22(30)16-5-3-15(4-6-16)21-26-18-8-7-17(25)11-19(18)32-21/h3-8,11,14,20,31H,9-10,12-13H2,1-2H3. The zero-order chi connectivity index (χ0) is 22.7. The second-order valence-corrected chi connectivity index (χ2v) is 9.28. The molecule has 1 aliphatic heterocycles. The van der Waals surface area contributed by atoms with Crippen LogP contribution < -0.4 is 0 Å². The van der Waals surface area contributed by atoms with Crippen molar-refractivity contribution in [2.75, 3.05) is 19.6 Å². The van der Waals surface area contributed by atoms with Gasteiger partial charge in [-0.3, -0.25) is 9.69 Å². The molecule has 0 radical (unpaired) electrons. The number of amides is 1. The monoisotopic (exact) mass is 437 g/mol. The van der Waals surface area contributed by atoms with Crippen molar-refractivity contribution < 1.29 is 23.5 Å². The summed E-state index contributed by atoms with van der Waals surface area (Å²) in [6.45, 7) is 5.68. The number of nitrogens with zero attached hydrogens (tertiary/aromatic N) is 3. The van der Waals surface area contributed by atoms with E-state index in [4.69, 9.17) is 4.42 Å². The summed E-state index contributed by atoms with van der Waals surface area (Å²) in [5, 5.41) is 10.1. The Morgan fingerprint density at radius 1 is 1.22 bits per heavy atom. The number of halogens is 1. The molecule has 2 aliphatic rings. The fraction of sp³-hybridized carbons (Fsp3) is 0.375. The molecule has 2 aromatic carbocycles. The van der Waals surface area contributed by atoms with Gasteiger partial charge < -0.3 is 19.2 Å². The molecular weight excluding hydrogens is 413 g/mol. The van der Waals surface area contributed by atoms with Gasteiger partial charge in [-0.2, -0.15) is 0 Å². The van der Waals surface area contributed by atoms with E-state index in [0.29, 0.717) is 60.5 Å². The Kier molecular flexibility index (Phi) is 4.69. The van der Waals surface area contributed by atoms with E-state index in [-0.39, 0.29) is 17.8 Å². The van der Waals surface area contributed by atoms with Crippen LogP contribution in [0.15, 0.2) is 46.9 Å². The highest BCUT2D eigenvalue weighted by Gasteiger charge is 2.58. The molecule has 2 heterocycles. The number of fused-ring (bicyclic) bond motifs is 1. The zero-order valence-corrected chi connectivity index (χ0v) is 17.9. The van der Waals surface area contributed by atoms with Crippen molar-refractivity contribution in [2.24, 2.45) is 0 Å². The topological polar surface area (TPSA) is 86.9 Å². The van der Waals surface area contributed by atoms with Gasteiger partial charge in [-0.25, -0.2) is 9.37 Å². The summed E-state index contributed by atoms with van der Waals surface area (Å²) in [5.41, 5.74) is 0.492. The third-order valence-corrected chi connectivity index (χ3v) is 6.49. The van der Waals surface area contributed by atoms with E-state index < -0.39 is 11.1 Å². The van der Waals surface area contributed by atoms with Crippen LogP contribution in [0.3, 0.4) is 0 Å². The second-order valence-electron chi connectivity index (χ2n) is 9.28. The summed E-state index contributed by atoms with van der Waals surface area (Å²) in [6, 6.07) is 11.0. The Hall–Kier alpha value is -3.10. The molecule has 1 saturated carbocycles. The first-order chi connectivity index (χ1) is 15.2. The van der Waals surface area contributed by atoms with Crippen LogP contribution in [-0.4, -0.2) is 68.9 Å². The Labute approximate surface area is 184 Å². The fourth-order valence-electron chi connectivity index (χ4n) is 4.59. The lowest BCUT2D eigenvalue weighted by Gasteiger charge is -2.47. The van der Waals surface area contributed by atoms with Gasteiger partial charge in [-0.05, 0) is 50.2 Å². The van der Waals surface area contributed by atoms with Crippen LogP contribution in [0, 0.1) is 5.82 Å². The van der Waals surface area contributed by atoms with Gasteiger partial charge in [0.05, 0.1) is 5.54 Å². The molecule has 0 bridgehead atoms. The van der Waals surface area contributed by atoms with E-state index in [9.17, 15) is 19.1 Å². The number of hydrogen-bond donors (Lipinski definition) is 1.